The zero-order valence-corrected chi connectivity index (χ0v) is 10.9. The van der Waals surface area contributed by atoms with Gasteiger partial charge < -0.3 is 5.32 Å². The third-order valence-electron chi connectivity index (χ3n) is 3.13. The second-order valence-electron chi connectivity index (χ2n) is 4.59. The highest BCUT2D eigenvalue weighted by Gasteiger charge is 2.06. The van der Waals surface area contributed by atoms with Crippen molar-refractivity contribution >= 4 is 22.5 Å². The minimum Gasteiger partial charge on any atom is -0.325 e. The van der Waals surface area contributed by atoms with Crippen LogP contribution >= 0.6 is 0 Å². The zero-order valence-electron chi connectivity index (χ0n) is 10.9. The van der Waals surface area contributed by atoms with Gasteiger partial charge in [-0.1, -0.05) is 48.5 Å². The number of pyridine rings is 1. The van der Waals surface area contributed by atoms with Gasteiger partial charge in [-0.2, -0.15) is 0 Å². The summed E-state index contributed by atoms with van der Waals surface area (Å²) in [4.78, 5) is 16.4. The van der Waals surface area contributed by atoms with Crippen LogP contribution in [0.1, 0.15) is 5.56 Å². The fraction of sp³-hybridized carbons (Fsp3) is 0.0588. The minimum absolute atomic E-state index is 0.0208. The van der Waals surface area contributed by atoms with Gasteiger partial charge in [-0.3, -0.25) is 9.78 Å². The van der Waals surface area contributed by atoms with Crippen LogP contribution in [0.3, 0.4) is 0 Å². The number of carbonyl (C=O) groups excluding carboxylic acids is 1. The Bertz CT molecular complexity index is 733. The number of para-hydroxylation sites is 1. The standard InChI is InChI=1S/C17H14N2O/c20-17(12-13-6-2-1-3-7-13)19-16-10-11-18-15-9-5-4-8-14(15)16/h1-11H,12H2,(H,18,19,20). The first-order valence-electron chi connectivity index (χ1n) is 6.50. The van der Waals surface area contributed by atoms with Crippen LogP contribution in [-0.2, 0) is 11.2 Å². The van der Waals surface area contributed by atoms with Gasteiger partial charge in [-0.25, -0.2) is 0 Å². The molecule has 3 aromatic rings. The summed E-state index contributed by atoms with van der Waals surface area (Å²) >= 11 is 0. The number of benzene rings is 2. The molecule has 20 heavy (non-hydrogen) atoms. The van der Waals surface area contributed by atoms with E-state index >= 15 is 0 Å². The summed E-state index contributed by atoms with van der Waals surface area (Å²) in [6.45, 7) is 0. The van der Waals surface area contributed by atoms with E-state index in [1.807, 2.05) is 60.7 Å². The first-order valence-corrected chi connectivity index (χ1v) is 6.50. The molecule has 1 N–H and O–H groups in total. The average Bonchev–Trinajstić information content (AvgIpc) is 2.48. The highest BCUT2D eigenvalue weighted by molar-refractivity contribution is 6.01. The second kappa shape index (κ2) is 5.53. The molecule has 0 spiro atoms. The fourth-order valence-corrected chi connectivity index (χ4v) is 2.18. The number of nitrogens with one attached hydrogen (secondary N) is 1. The lowest BCUT2D eigenvalue weighted by Gasteiger charge is -2.08. The maximum atomic E-state index is 12.1. The van der Waals surface area contributed by atoms with Crippen LogP contribution in [0.4, 0.5) is 5.69 Å². The number of amides is 1. The summed E-state index contributed by atoms with van der Waals surface area (Å²) in [5, 5.41) is 3.91. The van der Waals surface area contributed by atoms with E-state index in [9.17, 15) is 4.79 Å². The van der Waals surface area contributed by atoms with Crippen molar-refractivity contribution in [3.05, 3.63) is 72.4 Å². The molecule has 1 heterocycles. The van der Waals surface area contributed by atoms with E-state index in [0.29, 0.717) is 6.42 Å². The molecule has 0 radical (unpaired) electrons. The van der Waals surface area contributed by atoms with E-state index in [2.05, 4.69) is 10.3 Å². The van der Waals surface area contributed by atoms with Crippen molar-refractivity contribution in [2.75, 3.05) is 5.32 Å². The first kappa shape index (κ1) is 12.4. The van der Waals surface area contributed by atoms with Crippen molar-refractivity contribution in [2.24, 2.45) is 0 Å². The predicted octanol–water partition coefficient (Wildman–Crippen LogP) is 3.42. The summed E-state index contributed by atoms with van der Waals surface area (Å²) < 4.78 is 0. The van der Waals surface area contributed by atoms with Gasteiger partial charge in [-0.15, -0.1) is 0 Å². The van der Waals surface area contributed by atoms with Crippen molar-refractivity contribution in [2.45, 2.75) is 6.42 Å². The molecule has 0 saturated carbocycles. The van der Waals surface area contributed by atoms with Crippen LogP contribution < -0.4 is 5.32 Å². The van der Waals surface area contributed by atoms with E-state index in [1.54, 1.807) is 6.20 Å². The van der Waals surface area contributed by atoms with Crippen LogP contribution in [-0.4, -0.2) is 10.9 Å². The Labute approximate surface area is 117 Å². The molecule has 0 bridgehead atoms. The van der Waals surface area contributed by atoms with E-state index in [4.69, 9.17) is 0 Å². The van der Waals surface area contributed by atoms with Gasteiger partial charge in [0.25, 0.3) is 0 Å². The Balaban J connectivity index is 1.81. The number of hydrogen-bond donors (Lipinski definition) is 1. The van der Waals surface area contributed by atoms with Crippen LogP contribution in [0, 0.1) is 0 Å². The number of fused-ring (bicyclic) bond motifs is 1. The molecular formula is C17H14N2O. The van der Waals surface area contributed by atoms with Crippen molar-refractivity contribution in [3.8, 4) is 0 Å². The van der Waals surface area contributed by atoms with Gasteiger partial charge in [0.05, 0.1) is 17.6 Å². The summed E-state index contributed by atoms with van der Waals surface area (Å²) in [6, 6.07) is 19.3. The number of carbonyl (C=O) groups is 1. The van der Waals surface area contributed by atoms with E-state index in [1.165, 1.54) is 0 Å². The zero-order chi connectivity index (χ0) is 13.8. The molecule has 0 fully saturated rings. The quantitative estimate of drug-likeness (QED) is 0.786. The SMILES string of the molecule is O=C(Cc1ccccc1)Nc1ccnc2ccccc12. The van der Waals surface area contributed by atoms with Crippen molar-refractivity contribution in [1.29, 1.82) is 0 Å². The smallest absolute Gasteiger partial charge is 0.228 e. The van der Waals surface area contributed by atoms with E-state index in [0.717, 1.165) is 22.2 Å². The molecule has 1 amide bonds. The van der Waals surface area contributed by atoms with Crippen molar-refractivity contribution in [3.63, 3.8) is 0 Å². The number of anilines is 1. The third kappa shape index (κ3) is 2.67. The molecular weight excluding hydrogens is 248 g/mol. The largest absolute Gasteiger partial charge is 0.325 e. The summed E-state index contributed by atoms with van der Waals surface area (Å²) in [7, 11) is 0. The van der Waals surface area contributed by atoms with Crippen LogP contribution in [0.25, 0.3) is 10.9 Å². The van der Waals surface area contributed by atoms with Crippen LogP contribution in [0.2, 0.25) is 0 Å². The number of rotatable bonds is 3. The lowest BCUT2D eigenvalue weighted by molar-refractivity contribution is -0.115. The maximum absolute atomic E-state index is 12.1. The molecule has 3 heteroatoms. The topological polar surface area (TPSA) is 42.0 Å². The highest BCUT2D eigenvalue weighted by atomic mass is 16.1. The van der Waals surface area contributed by atoms with Crippen LogP contribution in [0.15, 0.2) is 66.9 Å². The Kier molecular flexibility index (Phi) is 3.42. The molecule has 98 valence electrons. The molecule has 0 aliphatic rings. The molecule has 2 aromatic carbocycles. The Morgan fingerprint density at radius 1 is 0.950 bits per heavy atom. The number of hydrogen-bond acceptors (Lipinski definition) is 2. The number of aromatic nitrogens is 1. The summed E-state index contributed by atoms with van der Waals surface area (Å²) in [6.07, 6.45) is 2.08. The monoisotopic (exact) mass is 262 g/mol. The van der Waals surface area contributed by atoms with Gasteiger partial charge >= 0.3 is 0 Å². The van der Waals surface area contributed by atoms with E-state index in [-0.39, 0.29) is 5.91 Å². The van der Waals surface area contributed by atoms with Gasteiger partial charge in [-0.05, 0) is 17.7 Å². The molecule has 0 saturated heterocycles. The molecule has 3 rings (SSSR count). The van der Waals surface area contributed by atoms with Gasteiger partial charge in [0.15, 0.2) is 0 Å². The lowest BCUT2D eigenvalue weighted by atomic mass is 10.1. The predicted molar refractivity (Wildman–Crippen MR) is 80.5 cm³/mol. The lowest BCUT2D eigenvalue weighted by Crippen LogP contribution is -2.14. The van der Waals surface area contributed by atoms with E-state index < -0.39 is 0 Å². The number of nitrogens with zero attached hydrogens (tertiary/aromatic N) is 1. The Morgan fingerprint density at radius 2 is 1.70 bits per heavy atom. The van der Waals surface area contributed by atoms with Crippen LogP contribution in [0.5, 0.6) is 0 Å². The third-order valence-corrected chi connectivity index (χ3v) is 3.13. The fourth-order valence-electron chi connectivity index (χ4n) is 2.18. The average molecular weight is 262 g/mol. The Morgan fingerprint density at radius 3 is 2.55 bits per heavy atom. The molecule has 0 atom stereocenters. The molecule has 0 unspecified atom stereocenters. The minimum atomic E-state index is -0.0208. The molecule has 0 aliphatic carbocycles. The normalized spacial score (nSPS) is 10.4. The Hall–Kier alpha value is -2.68. The van der Waals surface area contributed by atoms with Crippen molar-refractivity contribution in [1.82, 2.24) is 4.98 Å². The maximum Gasteiger partial charge on any atom is 0.228 e. The summed E-state index contributed by atoms with van der Waals surface area (Å²) in [5.74, 6) is -0.0208. The van der Waals surface area contributed by atoms with Gasteiger partial charge in [0.1, 0.15) is 0 Å². The highest BCUT2D eigenvalue weighted by Crippen LogP contribution is 2.21. The molecule has 1 aromatic heterocycles. The van der Waals surface area contributed by atoms with Gasteiger partial charge in [0.2, 0.25) is 5.91 Å². The first-order chi connectivity index (χ1) is 9.83. The van der Waals surface area contributed by atoms with Gasteiger partial charge in [0, 0.05) is 11.6 Å². The molecule has 0 aliphatic heterocycles. The van der Waals surface area contributed by atoms with Crippen molar-refractivity contribution < 1.29 is 4.79 Å². The second-order valence-corrected chi connectivity index (χ2v) is 4.59. The summed E-state index contributed by atoms with van der Waals surface area (Å²) in [5.41, 5.74) is 2.69. The molecule has 3 nitrogen and oxygen atoms in total.